The Labute approximate surface area is 83.5 Å². The fraction of sp³-hybridized carbons (Fsp3) is 0.111. The van der Waals surface area contributed by atoms with Crippen LogP contribution in [0, 0.1) is 11.6 Å². The highest BCUT2D eigenvalue weighted by Crippen LogP contribution is 2.21. The zero-order chi connectivity index (χ0) is 11.6. The van der Waals surface area contributed by atoms with Crippen molar-refractivity contribution in [3.8, 4) is 0 Å². The van der Waals surface area contributed by atoms with Gasteiger partial charge in [0.15, 0.2) is 5.82 Å². The second-order valence-electron chi connectivity index (χ2n) is 2.77. The van der Waals surface area contributed by atoms with Crippen LogP contribution in [0.3, 0.4) is 0 Å². The van der Waals surface area contributed by atoms with Crippen LogP contribution in [0.4, 0.5) is 14.5 Å². The number of rotatable bonds is 2. The molecule has 15 heavy (non-hydrogen) atoms. The number of nitrogens with one attached hydrogen (secondary N) is 1. The van der Waals surface area contributed by atoms with Crippen molar-refractivity contribution < 1.29 is 23.5 Å². The van der Waals surface area contributed by atoms with E-state index in [1.165, 1.54) is 0 Å². The molecule has 0 fully saturated rings. The maximum Gasteiger partial charge on any atom is 0.341 e. The number of amides is 1. The quantitative estimate of drug-likeness (QED) is 0.787. The van der Waals surface area contributed by atoms with Crippen molar-refractivity contribution in [2.24, 2.45) is 0 Å². The van der Waals surface area contributed by atoms with E-state index < -0.39 is 29.1 Å². The van der Waals surface area contributed by atoms with Gasteiger partial charge < -0.3 is 10.4 Å². The Balaban J connectivity index is 3.28. The van der Waals surface area contributed by atoms with E-state index in [0.717, 1.165) is 19.1 Å². The number of anilines is 1. The Hall–Kier alpha value is -1.98. The first-order valence-electron chi connectivity index (χ1n) is 3.92. The summed E-state index contributed by atoms with van der Waals surface area (Å²) in [5.74, 6) is -4.78. The molecule has 2 N–H and O–H groups in total. The Morgan fingerprint density at radius 1 is 1.33 bits per heavy atom. The van der Waals surface area contributed by atoms with Gasteiger partial charge in [-0.15, -0.1) is 0 Å². The maximum atomic E-state index is 13.3. The van der Waals surface area contributed by atoms with Crippen LogP contribution in [0.15, 0.2) is 12.1 Å². The summed E-state index contributed by atoms with van der Waals surface area (Å²) in [4.78, 5) is 21.1. The van der Waals surface area contributed by atoms with E-state index in [0.29, 0.717) is 0 Å². The molecule has 0 aliphatic rings. The van der Waals surface area contributed by atoms with E-state index in [4.69, 9.17) is 5.11 Å². The van der Waals surface area contributed by atoms with Gasteiger partial charge in [-0.3, -0.25) is 4.79 Å². The van der Waals surface area contributed by atoms with Crippen molar-refractivity contribution >= 4 is 17.6 Å². The lowest BCUT2D eigenvalue weighted by Crippen LogP contribution is -2.12. The smallest absolute Gasteiger partial charge is 0.341 e. The zero-order valence-electron chi connectivity index (χ0n) is 7.67. The van der Waals surface area contributed by atoms with E-state index in [1.807, 2.05) is 0 Å². The molecule has 4 nitrogen and oxygen atoms in total. The summed E-state index contributed by atoms with van der Waals surface area (Å²) in [6.07, 6.45) is 0. The third-order valence-corrected chi connectivity index (χ3v) is 1.62. The Morgan fingerprint density at radius 3 is 2.40 bits per heavy atom. The first kappa shape index (κ1) is 11.1. The third-order valence-electron chi connectivity index (χ3n) is 1.62. The molecular weight excluding hydrogens is 208 g/mol. The average Bonchev–Trinajstić information content (AvgIpc) is 2.09. The molecule has 6 heteroatoms. The lowest BCUT2D eigenvalue weighted by atomic mass is 10.1. The number of aromatic carboxylic acids is 1. The molecule has 0 atom stereocenters. The second-order valence-corrected chi connectivity index (χ2v) is 2.77. The highest BCUT2D eigenvalue weighted by molar-refractivity contribution is 5.93. The molecule has 1 aromatic rings. The van der Waals surface area contributed by atoms with Gasteiger partial charge in [0.05, 0.1) is 5.69 Å². The molecule has 0 spiro atoms. The van der Waals surface area contributed by atoms with Crippen LogP contribution in [-0.2, 0) is 4.79 Å². The first-order chi connectivity index (χ1) is 6.93. The molecule has 0 saturated heterocycles. The van der Waals surface area contributed by atoms with Crippen molar-refractivity contribution in [1.29, 1.82) is 0 Å². The molecule has 0 bridgehead atoms. The zero-order valence-corrected chi connectivity index (χ0v) is 7.67. The molecule has 0 aromatic heterocycles. The van der Waals surface area contributed by atoms with Crippen molar-refractivity contribution in [2.45, 2.75) is 6.92 Å². The highest BCUT2D eigenvalue weighted by Gasteiger charge is 2.19. The van der Waals surface area contributed by atoms with Crippen molar-refractivity contribution in [3.63, 3.8) is 0 Å². The number of carboxylic acid groups (broad SMARTS) is 1. The first-order valence-corrected chi connectivity index (χ1v) is 3.92. The number of benzene rings is 1. The molecule has 0 unspecified atom stereocenters. The van der Waals surface area contributed by atoms with Crippen LogP contribution in [-0.4, -0.2) is 17.0 Å². The summed E-state index contributed by atoms with van der Waals surface area (Å²) >= 11 is 0. The molecular formula is C9H7F2NO3. The number of halogens is 2. The molecule has 1 amide bonds. The average molecular weight is 215 g/mol. The molecule has 80 valence electrons. The molecule has 0 heterocycles. The normalized spacial score (nSPS) is 9.80. The van der Waals surface area contributed by atoms with Gasteiger partial charge >= 0.3 is 5.97 Å². The van der Waals surface area contributed by atoms with Gasteiger partial charge in [0.2, 0.25) is 5.91 Å². The lowest BCUT2D eigenvalue weighted by Gasteiger charge is -2.06. The number of carbonyl (C=O) groups excluding carboxylic acids is 1. The van der Waals surface area contributed by atoms with E-state index >= 15 is 0 Å². The van der Waals surface area contributed by atoms with Crippen LogP contribution in [0.25, 0.3) is 0 Å². The lowest BCUT2D eigenvalue weighted by molar-refractivity contribution is -0.114. The summed E-state index contributed by atoms with van der Waals surface area (Å²) in [5, 5.41) is 10.6. The van der Waals surface area contributed by atoms with Crippen LogP contribution in [0.5, 0.6) is 0 Å². The van der Waals surface area contributed by atoms with E-state index in [2.05, 4.69) is 5.32 Å². The van der Waals surface area contributed by atoms with Gasteiger partial charge in [-0.05, 0) is 12.1 Å². The Bertz CT molecular complexity index is 432. The summed E-state index contributed by atoms with van der Waals surface area (Å²) in [5.41, 5.74) is -1.44. The van der Waals surface area contributed by atoms with Crippen LogP contribution < -0.4 is 5.32 Å². The largest absolute Gasteiger partial charge is 0.477 e. The monoisotopic (exact) mass is 215 g/mol. The van der Waals surface area contributed by atoms with Crippen LogP contribution in [0.2, 0.25) is 0 Å². The molecule has 0 radical (unpaired) electrons. The topological polar surface area (TPSA) is 66.4 Å². The minimum atomic E-state index is -1.72. The Kier molecular flexibility index (Phi) is 2.99. The minimum absolute atomic E-state index is 0.360. The molecule has 0 aliphatic carbocycles. The van der Waals surface area contributed by atoms with E-state index in [1.54, 1.807) is 0 Å². The summed E-state index contributed by atoms with van der Waals surface area (Å²) < 4.78 is 26.2. The Morgan fingerprint density at radius 2 is 1.93 bits per heavy atom. The van der Waals surface area contributed by atoms with Gasteiger partial charge in [0.25, 0.3) is 0 Å². The second kappa shape index (κ2) is 4.04. The third kappa shape index (κ3) is 2.28. The molecule has 0 saturated carbocycles. The fourth-order valence-corrected chi connectivity index (χ4v) is 1.03. The van der Waals surface area contributed by atoms with Gasteiger partial charge in [-0.1, -0.05) is 0 Å². The van der Waals surface area contributed by atoms with E-state index in [9.17, 15) is 18.4 Å². The maximum absolute atomic E-state index is 13.3. The van der Waals surface area contributed by atoms with Crippen molar-refractivity contribution in [3.05, 3.63) is 29.3 Å². The number of carboxylic acids is 1. The molecule has 1 rings (SSSR count). The standard InChI is InChI=1S/C9H7F2NO3/c1-4(13)12-6-3-2-5(10)7(8(6)11)9(14)15/h2-3H,1H3,(H,12,13)(H,14,15). The van der Waals surface area contributed by atoms with Crippen LogP contribution in [0.1, 0.15) is 17.3 Å². The minimum Gasteiger partial charge on any atom is -0.477 e. The van der Waals surface area contributed by atoms with Crippen LogP contribution >= 0.6 is 0 Å². The summed E-state index contributed by atoms with van der Waals surface area (Å²) in [6, 6.07) is 1.73. The van der Waals surface area contributed by atoms with Gasteiger partial charge in [-0.25, -0.2) is 13.6 Å². The summed E-state index contributed by atoms with van der Waals surface area (Å²) in [6.45, 7) is 1.13. The number of hydrogen-bond donors (Lipinski definition) is 2. The predicted molar refractivity (Wildman–Crippen MR) is 47.6 cm³/mol. The van der Waals surface area contributed by atoms with Crippen molar-refractivity contribution in [1.82, 2.24) is 0 Å². The molecule has 0 aliphatic heterocycles. The summed E-state index contributed by atoms with van der Waals surface area (Å²) in [7, 11) is 0. The SMILES string of the molecule is CC(=O)Nc1ccc(F)c(C(=O)O)c1F. The van der Waals surface area contributed by atoms with Gasteiger partial charge in [-0.2, -0.15) is 0 Å². The highest BCUT2D eigenvalue weighted by atomic mass is 19.1. The van der Waals surface area contributed by atoms with Gasteiger partial charge in [0.1, 0.15) is 11.4 Å². The fourth-order valence-electron chi connectivity index (χ4n) is 1.03. The van der Waals surface area contributed by atoms with Gasteiger partial charge in [0, 0.05) is 6.92 Å². The predicted octanol–water partition coefficient (Wildman–Crippen LogP) is 1.62. The van der Waals surface area contributed by atoms with Crippen molar-refractivity contribution in [2.75, 3.05) is 5.32 Å². The number of carbonyl (C=O) groups is 2. The molecule has 1 aromatic carbocycles. The number of hydrogen-bond acceptors (Lipinski definition) is 2. The van der Waals surface area contributed by atoms with E-state index in [-0.39, 0.29) is 5.69 Å².